The summed E-state index contributed by atoms with van der Waals surface area (Å²) in [5.41, 5.74) is 9.24. The van der Waals surface area contributed by atoms with E-state index < -0.39 is 6.36 Å². The Morgan fingerprint density at radius 2 is 1.53 bits per heavy atom. The summed E-state index contributed by atoms with van der Waals surface area (Å²) >= 11 is 4.09. The number of halogens is 3. The third-order valence-electron chi connectivity index (χ3n) is 0.977. The zero-order chi connectivity index (χ0) is 11.9. The van der Waals surface area contributed by atoms with Crippen molar-refractivity contribution in [3.05, 3.63) is 30.3 Å². The molecule has 0 bridgehead atoms. The molecule has 4 N–H and O–H groups in total. The molecule has 1 rings (SSSR count). The van der Waals surface area contributed by atoms with Gasteiger partial charge in [0.2, 0.25) is 0 Å². The van der Waals surface area contributed by atoms with Crippen molar-refractivity contribution >= 4 is 17.3 Å². The standard InChI is InChI=1S/C7H5F3O.CH4N2S/c8-7(9,10)11-6-4-2-1-3-5-6;2-1(3)4/h1-5H;(H4,2,3,4). The predicted molar refractivity (Wildman–Crippen MR) is 54.1 cm³/mol. The van der Waals surface area contributed by atoms with Crippen LogP contribution in [0.1, 0.15) is 0 Å². The fraction of sp³-hybridized carbons (Fsp3) is 0.125. The van der Waals surface area contributed by atoms with Crippen molar-refractivity contribution in [2.24, 2.45) is 11.5 Å². The fourth-order valence-electron chi connectivity index (χ4n) is 0.622. The lowest BCUT2D eigenvalue weighted by Gasteiger charge is -2.07. The Morgan fingerprint density at radius 3 is 1.87 bits per heavy atom. The van der Waals surface area contributed by atoms with Crippen LogP contribution in [0.4, 0.5) is 13.2 Å². The normalized spacial score (nSPS) is 9.80. The maximum Gasteiger partial charge on any atom is 0.573 e. The summed E-state index contributed by atoms with van der Waals surface area (Å²) in [6.07, 6.45) is -4.60. The third kappa shape index (κ3) is 10.4. The SMILES string of the molecule is FC(F)(F)Oc1ccccc1.NC(N)=S. The fourth-order valence-corrected chi connectivity index (χ4v) is 0.622. The summed E-state index contributed by atoms with van der Waals surface area (Å²) in [6, 6.07) is 7.05. The zero-order valence-corrected chi connectivity index (χ0v) is 8.31. The molecule has 84 valence electrons. The minimum absolute atomic E-state index is 0.000000000000000222. The number of nitrogens with two attached hydrogens (primary N) is 2. The largest absolute Gasteiger partial charge is 0.573 e. The Balaban J connectivity index is 0.000000423. The van der Waals surface area contributed by atoms with Gasteiger partial charge < -0.3 is 16.2 Å². The van der Waals surface area contributed by atoms with Gasteiger partial charge in [0.1, 0.15) is 5.75 Å². The van der Waals surface area contributed by atoms with E-state index in [2.05, 4.69) is 28.4 Å². The number of para-hydroxylation sites is 1. The van der Waals surface area contributed by atoms with E-state index in [9.17, 15) is 13.2 Å². The topological polar surface area (TPSA) is 61.3 Å². The van der Waals surface area contributed by atoms with E-state index in [4.69, 9.17) is 0 Å². The van der Waals surface area contributed by atoms with Gasteiger partial charge in [-0.3, -0.25) is 0 Å². The average Bonchev–Trinajstić information content (AvgIpc) is 2.01. The number of hydrogen-bond donors (Lipinski definition) is 2. The molecule has 0 saturated carbocycles. The van der Waals surface area contributed by atoms with E-state index in [1.54, 1.807) is 6.07 Å². The Bertz CT molecular complexity index is 299. The van der Waals surface area contributed by atoms with Crippen molar-refractivity contribution < 1.29 is 17.9 Å². The average molecular weight is 238 g/mol. The van der Waals surface area contributed by atoms with Crippen LogP contribution in [-0.2, 0) is 0 Å². The van der Waals surface area contributed by atoms with Gasteiger partial charge in [-0.15, -0.1) is 13.2 Å². The lowest BCUT2D eigenvalue weighted by Crippen LogP contribution is -2.18. The smallest absolute Gasteiger partial charge is 0.406 e. The summed E-state index contributed by atoms with van der Waals surface area (Å²) in [4.78, 5) is 0. The molecule has 1 aromatic carbocycles. The predicted octanol–water partition coefficient (Wildman–Crippen LogP) is 1.77. The highest BCUT2D eigenvalue weighted by Crippen LogP contribution is 2.21. The number of ether oxygens (including phenoxy) is 1. The van der Waals surface area contributed by atoms with Crippen LogP contribution in [0, 0.1) is 0 Å². The van der Waals surface area contributed by atoms with Crippen LogP contribution in [0.15, 0.2) is 30.3 Å². The van der Waals surface area contributed by atoms with E-state index in [0.29, 0.717) is 0 Å². The second-order valence-electron chi connectivity index (χ2n) is 2.26. The van der Waals surface area contributed by atoms with Gasteiger partial charge in [-0.2, -0.15) is 0 Å². The van der Waals surface area contributed by atoms with Gasteiger partial charge >= 0.3 is 6.36 Å². The van der Waals surface area contributed by atoms with Gasteiger partial charge in [0.05, 0.1) is 0 Å². The van der Waals surface area contributed by atoms with E-state index in [-0.39, 0.29) is 10.9 Å². The Labute approximate surface area is 89.8 Å². The van der Waals surface area contributed by atoms with E-state index in [0.717, 1.165) is 0 Å². The molecule has 15 heavy (non-hydrogen) atoms. The summed E-state index contributed by atoms with van der Waals surface area (Å²) in [5.74, 6) is -0.194. The first-order valence-electron chi connectivity index (χ1n) is 3.67. The van der Waals surface area contributed by atoms with E-state index >= 15 is 0 Å². The summed E-state index contributed by atoms with van der Waals surface area (Å²) in [5, 5.41) is 0.000000000000000222. The third-order valence-corrected chi connectivity index (χ3v) is 0.977. The van der Waals surface area contributed by atoms with Gasteiger partial charge in [-0.1, -0.05) is 18.2 Å². The van der Waals surface area contributed by atoms with Crippen LogP contribution < -0.4 is 16.2 Å². The highest BCUT2D eigenvalue weighted by molar-refractivity contribution is 7.80. The quantitative estimate of drug-likeness (QED) is 0.732. The highest BCUT2D eigenvalue weighted by Gasteiger charge is 2.30. The minimum atomic E-state index is -4.60. The number of hydrogen-bond acceptors (Lipinski definition) is 2. The molecular formula is C8H9F3N2OS. The van der Waals surface area contributed by atoms with Crippen LogP contribution in [0.25, 0.3) is 0 Å². The number of alkyl halides is 3. The van der Waals surface area contributed by atoms with Crippen molar-refractivity contribution in [3.63, 3.8) is 0 Å². The minimum Gasteiger partial charge on any atom is -0.406 e. The summed E-state index contributed by atoms with van der Waals surface area (Å²) in [7, 11) is 0. The maximum atomic E-state index is 11.5. The van der Waals surface area contributed by atoms with Gasteiger partial charge in [0.25, 0.3) is 0 Å². The van der Waals surface area contributed by atoms with E-state index in [1.165, 1.54) is 24.3 Å². The first-order valence-corrected chi connectivity index (χ1v) is 4.08. The molecule has 3 nitrogen and oxygen atoms in total. The second kappa shape index (κ2) is 6.07. The molecule has 0 aliphatic carbocycles. The molecule has 0 atom stereocenters. The molecule has 1 aromatic rings. The van der Waals surface area contributed by atoms with Crippen LogP contribution in [0.3, 0.4) is 0 Å². The van der Waals surface area contributed by atoms with Gasteiger partial charge in [-0.05, 0) is 24.4 Å². The summed E-state index contributed by atoms with van der Waals surface area (Å²) in [6.45, 7) is 0. The first-order chi connectivity index (χ1) is 6.81. The molecule has 0 aliphatic rings. The van der Waals surface area contributed by atoms with Gasteiger partial charge in [0.15, 0.2) is 5.11 Å². The molecule has 0 unspecified atom stereocenters. The number of thiocarbonyl (C=S) groups is 1. The van der Waals surface area contributed by atoms with Gasteiger partial charge in [-0.25, -0.2) is 0 Å². The van der Waals surface area contributed by atoms with Crippen molar-refractivity contribution in [2.75, 3.05) is 0 Å². The Kier molecular flexibility index (Phi) is 5.46. The lowest BCUT2D eigenvalue weighted by molar-refractivity contribution is -0.274. The van der Waals surface area contributed by atoms with Crippen LogP contribution in [0.2, 0.25) is 0 Å². The monoisotopic (exact) mass is 238 g/mol. The lowest BCUT2D eigenvalue weighted by atomic mass is 10.3. The van der Waals surface area contributed by atoms with E-state index in [1.807, 2.05) is 0 Å². The first kappa shape index (κ1) is 13.5. The number of benzene rings is 1. The molecule has 0 amide bonds. The van der Waals surface area contributed by atoms with Crippen molar-refractivity contribution in [1.82, 2.24) is 0 Å². The van der Waals surface area contributed by atoms with Crippen molar-refractivity contribution in [3.8, 4) is 5.75 Å². The van der Waals surface area contributed by atoms with Crippen molar-refractivity contribution in [1.29, 1.82) is 0 Å². The van der Waals surface area contributed by atoms with Gasteiger partial charge in [0, 0.05) is 0 Å². The molecule has 7 heteroatoms. The maximum absolute atomic E-state index is 11.5. The number of rotatable bonds is 1. The zero-order valence-electron chi connectivity index (χ0n) is 7.49. The van der Waals surface area contributed by atoms with Crippen LogP contribution in [0.5, 0.6) is 5.75 Å². The molecule has 0 spiro atoms. The molecule has 0 aliphatic heterocycles. The molecule has 0 radical (unpaired) electrons. The molecule has 0 fully saturated rings. The molecule has 0 aromatic heterocycles. The Hall–Kier alpha value is -1.50. The molecule has 0 heterocycles. The summed E-state index contributed by atoms with van der Waals surface area (Å²) < 4.78 is 38.2. The molecular weight excluding hydrogens is 229 g/mol. The van der Waals surface area contributed by atoms with Crippen LogP contribution >= 0.6 is 12.2 Å². The molecule has 0 saturated heterocycles. The second-order valence-corrected chi connectivity index (χ2v) is 2.73. The van der Waals surface area contributed by atoms with Crippen LogP contribution in [-0.4, -0.2) is 11.5 Å². The van der Waals surface area contributed by atoms with Crippen molar-refractivity contribution in [2.45, 2.75) is 6.36 Å². The highest BCUT2D eigenvalue weighted by atomic mass is 32.1. The Morgan fingerprint density at radius 1 is 1.13 bits per heavy atom.